The molecule has 0 saturated carbocycles. The standard InChI is InChI=1S/C22H30O4/c1-4-5-6-7-8-9-10-11-19(23)17-20(24)14-12-18-13-15-21(25-2)22(16-18)26-3/h4-12,15,19,22-23H,13-14,16-17H2,1-3H3. The number of ketones is 1. The Morgan fingerprint density at radius 3 is 2.58 bits per heavy atom. The molecule has 0 fully saturated rings. The van der Waals surface area contributed by atoms with Crippen LogP contribution in [-0.2, 0) is 14.3 Å². The van der Waals surface area contributed by atoms with E-state index in [9.17, 15) is 9.90 Å². The summed E-state index contributed by atoms with van der Waals surface area (Å²) in [6.07, 6.45) is 19.8. The van der Waals surface area contributed by atoms with E-state index in [1.54, 1.807) is 26.4 Å². The molecule has 0 aromatic carbocycles. The second kappa shape index (κ2) is 13.1. The van der Waals surface area contributed by atoms with E-state index in [1.807, 2.05) is 55.5 Å². The summed E-state index contributed by atoms with van der Waals surface area (Å²) in [6.45, 7) is 1.95. The van der Waals surface area contributed by atoms with Crippen molar-refractivity contribution in [2.45, 2.75) is 44.8 Å². The number of hydrogen-bond acceptors (Lipinski definition) is 4. The highest BCUT2D eigenvalue weighted by atomic mass is 16.5. The van der Waals surface area contributed by atoms with Crippen LogP contribution in [0.5, 0.6) is 0 Å². The van der Waals surface area contributed by atoms with Gasteiger partial charge in [0.05, 0.1) is 13.2 Å². The van der Waals surface area contributed by atoms with E-state index >= 15 is 0 Å². The number of allylic oxidation sites excluding steroid dienone is 9. The van der Waals surface area contributed by atoms with Crippen LogP contribution < -0.4 is 0 Å². The summed E-state index contributed by atoms with van der Waals surface area (Å²) < 4.78 is 10.7. The van der Waals surface area contributed by atoms with Gasteiger partial charge in [-0.25, -0.2) is 0 Å². The van der Waals surface area contributed by atoms with Crippen molar-refractivity contribution in [3.63, 3.8) is 0 Å². The number of hydrogen-bond donors (Lipinski definition) is 1. The molecule has 2 unspecified atom stereocenters. The smallest absolute Gasteiger partial charge is 0.139 e. The number of carbonyl (C=O) groups is 1. The van der Waals surface area contributed by atoms with Crippen molar-refractivity contribution in [3.8, 4) is 0 Å². The lowest BCUT2D eigenvalue weighted by atomic mass is 9.95. The van der Waals surface area contributed by atoms with Crippen LogP contribution in [0, 0.1) is 0 Å². The summed E-state index contributed by atoms with van der Waals surface area (Å²) in [4.78, 5) is 12.0. The number of ether oxygens (including phenoxy) is 2. The summed E-state index contributed by atoms with van der Waals surface area (Å²) >= 11 is 0. The van der Waals surface area contributed by atoms with Gasteiger partial charge in [0.25, 0.3) is 0 Å². The summed E-state index contributed by atoms with van der Waals surface area (Å²) in [5.41, 5.74) is 1.16. The van der Waals surface area contributed by atoms with Crippen molar-refractivity contribution >= 4 is 5.78 Å². The third kappa shape index (κ3) is 8.79. The van der Waals surface area contributed by atoms with Crippen LogP contribution in [0.1, 0.15) is 32.6 Å². The predicted octanol–water partition coefficient (Wildman–Crippen LogP) is 4.21. The van der Waals surface area contributed by atoms with Gasteiger partial charge in [-0.05, 0) is 19.4 Å². The molecular weight excluding hydrogens is 328 g/mol. The Kier molecular flexibility index (Phi) is 11.0. The van der Waals surface area contributed by atoms with Gasteiger partial charge in [-0.15, -0.1) is 0 Å². The normalized spacial score (nSPS) is 21.3. The molecular formula is C22H30O4. The average molecular weight is 358 g/mol. The van der Waals surface area contributed by atoms with Gasteiger partial charge in [-0.3, -0.25) is 4.79 Å². The third-order valence-corrected chi connectivity index (χ3v) is 3.99. The molecule has 0 radical (unpaired) electrons. The van der Waals surface area contributed by atoms with E-state index in [2.05, 4.69) is 0 Å². The fourth-order valence-corrected chi connectivity index (χ4v) is 2.57. The van der Waals surface area contributed by atoms with Crippen molar-refractivity contribution in [1.29, 1.82) is 0 Å². The quantitative estimate of drug-likeness (QED) is 0.469. The number of methoxy groups -OCH3 is 2. The van der Waals surface area contributed by atoms with Gasteiger partial charge in [-0.1, -0.05) is 60.3 Å². The van der Waals surface area contributed by atoms with Gasteiger partial charge < -0.3 is 14.6 Å². The zero-order valence-corrected chi connectivity index (χ0v) is 15.9. The Morgan fingerprint density at radius 2 is 1.92 bits per heavy atom. The molecule has 0 spiro atoms. The van der Waals surface area contributed by atoms with E-state index in [1.165, 1.54) is 0 Å². The molecule has 1 rings (SSSR count). The highest BCUT2D eigenvalue weighted by Crippen LogP contribution is 2.26. The summed E-state index contributed by atoms with van der Waals surface area (Å²) in [7, 11) is 3.29. The zero-order valence-electron chi connectivity index (χ0n) is 15.9. The molecule has 1 N–H and O–H groups in total. The van der Waals surface area contributed by atoms with Crippen LogP contribution in [0.25, 0.3) is 0 Å². The fraction of sp³-hybridized carbons (Fsp3) is 0.409. The minimum atomic E-state index is -0.761. The molecule has 0 bridgehead atoms. The van der Waals surface area contributed by atoms with Gasteiger partial charge in [0, 0.05) is 26.4 Å². The molecule has 0 saturated heterocycles. The molecule has 2 atom stereocenters. The van der Waals surface area contributed by atoms with Crippen molar-refractivity contribution in [3.05, 3.63) is 72.1 Å². The molecule has 0 aromatic rings. The van der Waals surface area contributed by atoms with Gasteiger partial charge >= 0.3 is 0 Å². The number of aliphatic hydroxyl groups excluding tert-OH is 1. The number of Topliss-reactive ketones (excluding diaryl/α,β-unsaturated/α-hetero) is 1. The summed E-state index contributed by atoms with van der Waals surface area (Å²) in [5.74, 6) is 0.854. The highest BCUT2D eigenvalue weighted by molar-refractivity contribution is 5.80. The average Bonchev–Trinajstić information content (AvgIpc) is 2.65. The molecule has 1 aliphatic carbocycles. The first kappa shape index (κ1) is 21.9. The SMILES string of the molecule is CC=CC=CC=CC=CC(O)CC(=O)CC=C1CC=C(OC)C(OC)C1. The second-order valence-corrected chi connectivity index (χ2v) is 6.00. The minimum absolute atomic E-state index is 0.0158. The Morgan fingerprint density at radius 1 is 1.23 bits per heavy atom. The minimum Gasteiger partial charge on any atom is -0.499 e. The Hall–Kier alpha value is -2.17. The van der Waals surface area contributed by atoms with Crippen LogP contribution in [0.2, 0.25) is 0 Å². The van der Waals surface area contributed by atoms with E-state index in [0.717, 1.165) is 24.2 Å². The van der Waals surface area contributed by atoms with Crippen molar-refractivity contribution < 1.29 is 19.4 Å². The number of aliphatic hydroxyl groups is 1. The Balaban J connectivity index is 2.40. The molecule has 4 nitrogen and oxygen atoms in total. The Bertz CT molecular complexity index is 606. The maximum Gasteiger partial charge on any atom is 0.139 e. The molecule has 0 aliphatic heterocycles. The maximum absolute atomic E-state index is 12.0. The third-order valence-electron chi connectivity index (χ3n) is 3.99. The van der Waals surface area contributed by atoms with Crippen LogP contribution in [-0.4, -0.2) is 37.3 Å². The fourth-order valence-electron chi connectivity index (χ4n) is 2.57. The molecule has 142 valence electrons. The van der Waals surface area contributed by atoms with Crippen LogP contribution in [0.4, 0.5) is 0 Å². The van der Waals surface area contributed by atoms with E-state index in [-0.39, 0.29) is 18.3 Å². The lowest BCUT2D eigenvalue weighted by Crippen LogP contribution is -2.19. The van der Waals surface area contributed by atoms with Gasteiger partial charge in [0.1, 0.15) is 17.6 Å². The van der Waals surface area contributed by atoms with Crippen LogP contribution in [0.15, 0.2) is 72.1 Å². The molecule has 0 heterocycles. The first-order valence-corrected chi connectivity index (χ1v) is 8.88. The second-order valence-electron chi connectivity index (χ2n) is 6.00. The van der Waals surface area contributed by atoms with Gasteiger partial charge in [0.15, 0.2) is 0 Å². The maximum atomic E-state index is 12.0. The monoisotopic (exact) mass is 358 g/mol. The van der Waals surface area contributed by atoms with Gasteiger partial charge in [-0.2, -0.15) is 0 Å². The largest absolute Gasteiger partial charge is 0.499 e. The Labute approximate surface area is 156 Å². The van der Waals surface area contributed by atoms with Crippen LogP contribution in [0.3, 0.4) is 0 Å². The number of rotatable bonds is 10. The summed E-state index contributed by atoms with van der Waals surface area (Å²) in [5, 5.41) is 9.91. The van der Waals surface area contributed by atoms with Gasteiger partial charge in [0.2, 0.25) is 0 Å². The first-order chi connectivity index (χ1) is 12.6. The first-order valence-electron chi connectivity index (χ1n) is 8.88. The zero-order chi connectivity index (χ0) is 19.2. The highest BCUT2D eigenvalue weighted by Gasteiger charge is 2.20. The van der Waals surface area contributed by atoms with Crippen molar-refractivity contribution in [1.82, 2.24) is 0 Å². The molecule has 1 aliphatic rings. The number of carbonyl (C=O) groups excluding carboxylic acids is 1. The molecule has 0 amide bonds. The van der Waals surface area contributed by atoms with E-state index < -0.39 is 6.10 Å². The predicted molar refractivity (Wildman–Crippen MR) is 106 cm³/mol. The van der Waals surface area contributed by atoms with Crippen LogP contribution >= 0.6 is 0 Å². The molecule has 26 heavy (non-hydrogen) atoms. The molecule has 0 aromatic heterocycles. The van der Waals surface area contributed by atoms with Crippen molar-refractivity contribution in [2.75, 3.05) is 14.2 Å². The van der Waals surface area contributed by atoms with E-state index in [0.29, 0.717) is 6.42 Å². The lowest BCUT2D eigenvalue weighted by Gasteiger charge is -2.23. The topological polar surface area (TPSA) is 55.8 Å². The summed E-state index contributed by atoms with van der Waals surface area (Å²) in [6, 6.07) is 0. The van der Waals surface area contributed by atoms with Crippen molar-refractivity contribution in [2.24, 2.45) is 0 Å². The lowest BCUT2D eigenvalue weighted by molar-refractivity contribution is -0.119. The van der Waals surface area contributed by atoms with E-state index in [4.69, 9.17) is 9.47 Å². The molecule has 4 heteroatoms.